The van der Waals surface area contributed by atoms with E-state index in [1.807, 2.05) is 0 Å². The number of aliphatic carboxylic acids is 1. The van der Waals surface area contributed by atoms with Gasteiger partial charge < -0.3 is 16.2 Å². The molecule has 2 atom stereocenters. The fraction of sp³-hybridized carbons (Fsp3) is 0.636. The molecular formula is C11H18N2O3. The Morgan fingerprint density at radius 3 is 2.69 bits per heavy atom. The summed E-state index contributed by atoms with van der Waals surface area (Å²) in [5.74, 6) is 0.802. The van der Waals surface area contributed by atoms with Gasteiger partial charge in [0.05, 0.1) is 12.0 Å². The van der Waals surface area contributed by atoms with Crippen LogP contribution >= 0.6 is 0 Å². The van der Waals surface area contributed by atoms with Gasteiger partial charge in [-0.25, -0.2) is 0 Å². The molecule has 0 heterocycles. The number of terminal acetylenes is 1. The smallest absolute Gasteiger partial charge is 0.306 e. The number of carbonyl (C=O) groups is 2. The highest BCUT2D eigenvalue weighted by Gasteiger charge is 2.12. The molecular weight excluding hydrogens is 208 g/mol. The van der Waals surface area contributed by atoms with Crippen molar-refractivity contribution in [3.8, 4) is 12.3 Å². The van der Waals surface area contributed by atoms with Crippen molar-refractivity contribution in [1.82, 2.24) is 5.32 Å². The molecule has 0 saturated carbocycles. The Morgan fingerprint density at radius 2 is 2.19 bits per heavy atom. The molecule has 0 radical (unpaired) electrons. The minimum atomic E-state index is -0.824. The van der Waals surface area contributed by atoms with Crippen molar-refractivity contribution in [3.63, 3.8) is 0 Å². The highest BCUT2D eigenvalue weighted by molar-refractivity contribution is 5.81. The van der Waals surface area contributed by atoms with E-state index in [-0.39, 0.29) is 12.3 Å². The van der Waals surface area contributed by atoms with Crippen molar-refractivity contribution >= 4 is 11.9 Å². The van der Waals surface area contributed by atoms with E-state index in [0.29, 0.717) is 19.4 Å². The molecule has 1 amide bonds. The lowest BCUT2D eigenvalue weighted by Crippen LogP contribution is -2.40. The quantitative estimate of drug-likeness (QED) is 0.419. The summed E-state index contributed by atoms with van der Waals surface area (Å²) < 4.78 is 0. The summed E-state index contributed by atoms with van der Waals surface area (Å²) in [6.07, 6.45) is 6.37. The van der Waals surface area contributed by atoms with Gasteiger partial charge in [0.2, 0.25) is 5.91 Å². The van der Waals surface area contributed by atoms with Gasteiger partial charge in [0.25, 0.3) is 0 Å². The maximum atomic E-state index is 11.3. The van der Waals surface area contributed by atoms with Gasteiger partial charge in [-0.3, -0.25) is 9.59 Å². The summed E-state index contributed by atoms with van der Waals surface area (Å²) in [5, 5.41) is 11.2. The van der Waals surface area contributed by atoms with Crippen LogP contribution in [0, 0.1) is 18.3 Å². The summed E-state index contributed by atoms with van der Waals surface area (Å²) >= 11 is 0. The summed E-state index contributed by atoms with van der Waals surface area (Å²) in [6, 6.07) is -0.679. The normalized spacial score (nSPS) is 13.6. The Labute approximate surface area is 95.4 Å². The molecule has 4 N–H and O–H groups in total. The van der Waals surface area contributed by atoms with Gasteiger partial charge >= 0.3 is 5.97 Å². The molecule has 5 heteroatoms. The molecule has 5 nitrogen and oxygen atoms in total. The zero-order valence-corrected chi connectivity index (χ0v) is 9.40. The van der Waals surface area contributed by atoms with Crippen LogP contribution in [0.15, 0.2) is 0 Å². The van der Waals surface area contributed by atoms with Crippen LogP contribution in [0.2, 0.25) is 0 Å². The zero-order valence-electron chi connectivity index (χ0n) is 9.40. The van der Waals surface area contributed by atoms with Crippen LogP contribution in [0.3, 0.4) is 0 Å². The average Bonchev–Trinajstić information content (AvgIpc) is 2.23. The second-order valence-corrected chi connectivity index (χ2v) is 3.69. The first kappa shape index (κ1) is 14.5. The summed E-state index contributed by atoms with van der Waals surface area (Å²) in [5.41, 5.74) is 5.47. The van der Waals surface area contributed by atoms with Crippen LogP contribution in [-0.4, -0.2) is 29.6 Å². The Kier molecular flexibility index (Phi) is 6.97. The van der Waals surface area contributed by atoms with Gasteiger partial charge in [-0.05, 0) is 12.8 Å². The van der Waals surface area contributed by atoms with Crippen LogP contribution in [0.25, 0.3) is 0 Å². The molecule has 0 fully saturated rings. The molecule has 2 unspecified atom stereocenters. The molecule has 0 aliphatic rings. The number of nitrogens with one attached hydrogen (secondary N) is 1. The molecule has 0 aromatic rings. The molecule has 0 aliphatic carbocycles. The number of amides is 1. The summed E-state index contributed by atoms with van der Waals surface area (Å²) in [4.78, 5) is 21.8. The number of nitrogens with two attached hydrogens (primary N) is 1. The molecule has 90 valence electrons. The Balaban J connectivity index is 3.63. The monoisotopic (exact) mass is 226 g/mol. The predicted octanol–water partition coefficient (Wildman–Crippen LogP) is -0.0459. The first-order valence-corrected chi connectivity index (χ1v) is 5.18. The lowest BCUT2D eigenvalue weighted by molar-refractivity contribution is -0.141. The Bertz CT molecular complexity index is 283. The van der Waals surface area contributed by atoms with E-state index in [1.54, 1.807) is 6.92 Å². The van der Waals surface area contributed by atoms with E-state index in [0.717, 1.165) is 0 Å². The van der Waals surface area contributed by atoms with Crippen LogP contribution in [0.5, 0.6) is 0 Å². The highest BCUT2D eigenvalue weighted by atomic mass is 16.4. The van der Waals surface area contributed by atoms with E-state index in [2.05, 4.69) is 11.2 Å². The lowest BCUT2D eigenvalue weighted by atomic mass is 10.1. The van der Waals surface area contributed by atoms with E-state index in [4.69, 9.17) is 17.3 Å². The minimum Gasteiger partial charge on any atom is -0.481 e. The third kappa shape index (κ3) is 6.04. The summed E-state index contributed by atoms with van der Waals surface area (Å²) in [7, 11) is 0. The number of rotatable bonds is 7. The fourth-order valence-corrected chi connectivity index (χ4v) is 1.09. The number of hydrogen-bond acceptors (Lipinski definition) is 3. The minimum absolute atomic E-state index is 0.206. The van der Waals surface area contributed by atoms with Gasteiger partial charge in [0.15, 0.2) is 0 Å². The standard InChI is InChI=1S/C11H18N2O3/c1-3-5-9(12)10(14)13-7-4-6-8(2)11(15)16/h1,8-9H,4-7,12H2,2H3,(H,13,14)(H,15,16). The van der Waals surface area contributed by atoms with Crippen LogP contribution in [0.4, 0.5) is 0 Å². The van der Waals surface area contributed by atoms with Crippen molar-refractivity contribution < 1.29 is 14.7 Å². The Hall–Kier alpha value is -1.54. The van der Waals surface area contributed by atoms with Crippen molar-refractivity contribution in [2.24, 2.45) is 11.7 Å². The van der Waals surface area contributed by atoms with E-state index in [1.165, 1.54) is 0 Å². The molecule has 0 aromatic heterocycles. The first-order chi connectivity index (χ1) is 7.49. The molecule has 0 saturated heterocycles. The summed E-state index contributed by atoms with van der Waals surface area (Å²) in [6.45, 7) is 2.06. The maximum absolute atomic E-state index is 11.3. The fourth-order valence-electron chi connectivity index (χ4n) is 1.09. The van der Waals surface area contributed by atoms with Crippen molar-refractivity contribution in [3.05, 3.63) is 0 Å². The SMILES string of the molecule is C#CCC(N)C(=O)NCCCC(C)C(=O)O. The van der Waals surface area contributed by atoms with Gasteiger partial charge in [-0.1, -0.05) is 6.92 Å². The largest absolute Gasteiger partial charge is 0.481 e. The number of carboxylic acids is 1. The zero-order chi connectivity index (χ0) is 12.6. The third-order valence-electron chi connectivity index (χ3n) is 2.21. The van der Waals surface area contributed by atoms with Crippen LogP contribution in [0.1, 0.15) is 26.2 Å². The number of carboxylic acid groups (broad SMARTS) is 1. The van der Waals surface area contributed by atoms with Crippen molar-refractivity contribution in [1.29, 1.82) is 0 Å². The third-order valence-corrected chi connectivity index (χ3v) is 2.21. The van der Waals surface area contributed by atoms with Crippen LogP contribution < -0.4 is 11.1 Å². The van der Waals surface area contributed by atoms with E-state index >= 15 is 0 Å². The number of carbonyl (C=O) groups excluding carboxylic acids is 1. The molecule has 0 aromatic carbocycles. The lowest BCUT2D eigenvalue weighted by Gasteiger charge is -2.10. The van der Waals surface area contributed by atoms with Gasteiger partial charge in [0.1, 0.15) is 0 Å². The van der Waals surface area contributed by atoms with E-state index in [9.17, 15) is 9.59 Å². The number of hydrogen-bond donors (Lipinski definition) is 3. The molecule has 0 rings (SSSR count). The highest BCUT2D eigenvalue weighted by Crippen LogP contribution is 2.04. The second kappa shape index (κ2) is 7.71. The second-order valence-electron chi connectivity index (χ2n) is 3.69. The maximum Gasteiger partial charge on any atom is 0.306 e. The topological polar surface area (TPSA) is 92.4 Å². The molecule has 0 bridgehead atoms. The molecule has 0 aliphatic heterocycles. The van der Waals surface area contributed by atoms with Gasteiger partial charge in [-0.15, -0.1) is 12.3 Å². The predicted molar refractivity (Wildman–Crippen MR) is 60.5 cm³/mol. The van der Waals surface area contributed by atoms with Crippen molar-refractivity contribution in [2.45, 2.75) is 32.2 Å². The average molecular weight is 226 g/mol. The van der Waals surface area contributed by atoms with Gasteiger partial charge in [0, 0.05) is 13.0 Å². The van der Waals surface area contributed by atoms with E-state index < -0.39 is 17.9 Å². The first-order valence-electron chi connectivity index (χ1n) is 5.18. The van der Waals surface area contributed by atoms with Crippen molar-refractivity contribution in [2.75, 3.05) is 6.54 Å². The van der Waals surface area contributed by atoms with Gasteiger partial charge in [-0.2, -0.15) is 0 Å². The van der Waals surface area contributed by atoms with Crippen LogP contribution in [-0.2, 0) is 9.59 Å². The Morgan fingerprint density at radius 1 is 1.56 bits per heavy atom. The molecule has 16 heavy (non-hydrogen) atoms. The molecule has 0 spiro atoms.